The number of allylic oxidation sites excluding steroid dienone is 1. The summed E-state index contributed by atoms with van der Waals surface area (Å²) in [5.74, 6) is 5.72. The predicted octanol–water partition coefficient (Wildman–Crippen LogP) is 2.18. The maximum Gasteiger partial charge on any atom is 0.146 e. The van der Waals surface area contributed by atoms with E-state index in [4.69, 9.17) is 23.1 Å². The van der Waals surface area contributed by atoms with Gasteiger partial charge in [0.25, 0.3) is 0 Å². The predicted molar refractivity (Wildman–Crippen MR) is 86.7 cm³/mol. The Morgan fingerprint density at radius 1 is 1.00 bits per heavy atom. The molecule has 0 saturated carbocycles. The summed E-state index contributed by atoms with van der Waals surface area (Å²) in [4.78, 5) is 4.67. The maximum atomic E-state index is 6.08. The molecule has 0 bridgehead atoms. The van der Waals surface area contributed by atoms with Crippen molar-refractivity contribution in [1.29, 1.82) is 0 Å². The molecule has 5 nitrogen and oxygen atoms in total. The summed E-state index contributed by atoms with van der Waals surface area (Å²) in [6.07, 6.45) is 0.679. The van der Waals surface area contributed by atoms with Crippen molar-refractivity contribution >= 4 is 11.4 Å². The van der Waals surface area contributed by atoms with Gasteiger partial charge in [-0.05, 0) is 41.8 Å². The van der Waals surface area contributed by atoms with Crippen LogP contribution in [0.5, 0.6) is 5.75 Å². The topological polar surface area (TPSA) is 113 Å². The number of hydrogen-bond acceptors (Lipinski definition) is 5. The lowest BCUT2D eigenvalue weighted by Crippen LogP contribution is -2.09. The van der Waals surface area contributed by atoms with Gasteiger partial charge in [-0.15, -0.1) is 0 Å². The van der Waals surface area contributed by atoms with Crippen molar-refractivity contribution in [1.82, 2.24) is 0 Å². The minimum absolute atomic E-state index is 0.527. The monoisotopic (exact) mass is 284 g/mol. The van der Waals surface area contributed by atoms with Gasteiger partial charge in [-0.2, -0.15) is 5.90 Å². The van der Waals surface area contributed by atoms with Gasteiger partial charge in [0.2, 0.25) is 0 Å². The van der Waals surface area contributed by atoms with Gasteiger partial charge in [-0.1, -0.05) is 25.1 Å². The molecule has 0 atom stereocenters. The molecule has 5 heteroatoms. The average molecular weight is 284 g/mol. The van der Waals surface area contributed by atoms with Crippen molar-refractivity contribution in [3.05, 3.63) is 53.7 Å². The van der Waals surface area contributed by atoms with Crippen LogP contribution in [0.1, 0.15) is 18.9 Å². The Labute approximate surface area is 124 Å². The van der Waals surface area contributed by atoms with E-state index in [1.807, 2.05) is 37.3 Å². The molecule has 0 aliphatic carbocycles. The zero-order chi connectivity index (χ0) is 15.4. The van der Waals surface area contributed by atoms with E-state index >= 15 is 0 Å². The van der Waals surface area contributed by atoms with Crippen LogP contribution in [0.2, 0.25) is 0 Å². The first-order chi connectivity index (χ1) is 10.1. The molecule has 2 aromatic carbocycles. The number of benzene rings is 2. The van der Waals surface area contributed by atoms with Crippen LogP contribution >= 0.6 is 0 Å². The van der Waals surface area contributed by atoms with Gasteiger partial charge >= 0.3 is 0 Å². The zero-order valence-electron chi connectivity index (χ0n) is 12.0. The minimum Gasteiger partial charge on any atom is -0.412 e. The van der Waals surface area contributed by atoms with Gasteiger partial charge in [0.15, 0.2) is 0 Å². The normalized spacial score (nSPS) is 11.9. The molecule has 21 heavy (non-hydrogen) atoms. The van der Waals surface area contributed by atoms with Crippen molar-refractivity contribution in [2.75, 3.05) is 5.73 Å². The Bertz CT molecular complexity index is 662. The number of nitrogen functional groups attached to an aromatic ring is 1. The van der Waals surface area contributed by atoms with E-state index in [2.05, 4.69) is 4.84 Å². The van der Waals surface area contributed by atoms with Crippen LogP contribution in [0.3, 0.4) is 0 Å². The molecule has 0 aliphatic heterocycles. The Morgan fingerprint density at radius 3 is 2.19 bits per heavy atom. The van der Waals surface area contributed by atoms with Crippen LogP contribution in [0.15, 0.2) is 48.2 Å². The molecular weight excluding hydrogens is 264 g/mol. The van der Waals surface area contributed by atoms with Gasteiger partial charge in [0, 0.05) is 16.9 Å². The summed E-state index contributed by atoms with van der Waals surface area (Å²) >= 11 is 0. The largest absolute Gasteiger partial charge is 0.412 e. The third-order valence-electron chi connectivity index (χ3n) is 3.39. The first kappa shape index (κ1) is 14.7. The second-order valence-corrected chi connectivity index (χ2v) is 4.74. The standard InChI is InChI=1S/C16H20N4O/c1-2-14(17)16(19)13-9-11(5-8-15(13)18)10-3-6-12(21-20)7-4-10/h3-9H,2,17-20H2,1H3. The summed E-state index contributed by atoms with van der Waals surface area (Å²) < 4.78 is 0. The molecule has 0 spiro atoms. The first-order valence-electron chi connectivity index (χ1n) is 6.68. The fourth-order valence-corrected chi connectivity index (χ4v) is 2.06. The lowest BCUT2D eigenvalue weighted by molar-refractivity contribution is 0.334. The van der Waals surface area contributed by atoms with Crippen LogP contribution in [-0.4, -0.2) is 0 Å². The molecule has 110 valence electrons. The SMILES string of the molecule is CCC(N)=C(N)c1cc(-c2ccc(ON)cc2)ccc1N. The molecule has 0 aliphatic rings. The van der Waals surface area contributed by atoms with Crippen LogP contribution in [0, 0.1) is 0 Å². The molecule has 0 radical (unpaired) electrons. The summed E-state index contributed by atoms with van der Waals surface area (Å²) in [6.45, 7) is 1.95. The zero-order valence-corrected chi connectivity index (χ0v) is 12.0. The van der Waals surface area contributed by atoms with E-state index < -0.39 is 0 Å². The highest BCUT2D eigenvalue weighted by Crippen LogP contribution is 2.28. The molecule has 0 aromatic heterocycles. The quantitative estimate of drug-likeness (QED) is 0.507. The van der Waals surface area contributed by atoms with E-state index in [-0.39, 0.29) is 0 Å². The van der Waals surface area contributed by atoms with Crippen molar-refractivity contribution in [3.63, 3.8) is 0 Å². The van der Waals surface area contributed by atoms with Gasteiger partial charge in [0.05, 0.1) is 5.70 Å². The highest BCUT2D eigenvalue weighted by molar-refractivity contribution is 5.79. The van der Waals surface area contributed by atoms with Crippen molar-refractivity contribution in [3.8, 4) is 16.9 Å². The Kier molecular flexibility index (Phi) is 4.35. The Balaban J connectivity index is 2.47. The lowest BCUT2D eigenvalue weighted by atomic mass is 9.99. The van der Waals surface area contributed by atoms with Crippen LogP contribution in [0.25, 0.3) is 16.8 Å². The number of nitrogens with two attached hydrogens (primary N) is 4. The molecule has 0 saturated heterocycles. The van der Waals surface area contributed by atoms with Crippen molar-refractivity contribution < 1.29 is 4.84 Å². The maximum absolute atomic E-state index is 6.08. The summed E-state index contributed by atoms with van der Waals surface area (Å²) in [5, 5.41) is 0. The molecule has 0 unspecified atom stereocenters. The smallest absolute Gasteiger partial charge is 0.146 e. The van der Waals surface area contributed by atoms with E-state index in [0.29, 0.717) is 29.3 Å². The van der Waals surface area contributed by atoms with E-state index in [9.17, 15) is 0 Å². The van der Waals surface area contributed by atoms with E-state index in [0.717, 1.165) is 16.7 Å². The molecule has 0 amide bonds. The van der Waals surface area contributed by atoms with Gasteiger partial charge in [0.1, 0.15) is 5.75 Å². The summed E-state index contributed by atoms with van der Waals surface area (Å²) in [5.41, 5.74) is 22.5. The van der Waals surface area contributed by atoms with Crippen LogP contribution in [0.4, 0.5) is 5.69 Å². The van der Waals surface area contributed by atoms with E-state index in [1.165, 1.54) is 0 Å². The molecular formula is C16H20N4O. The van der Waals surface area contributed by atoms with Crippen LogP contribution in [-0.2, 0) is 0 Å². The van der Waals surface area contributed by atoms with Crippen molar-refractivity contribution in [2.45, 2.75) is 13.3 Å². The third kappa shape index (κ3) is 3.09. The highest BCUT2D eigenvalue weighted by atomic mass is 16.6. The highest BCUT2D eigenvalue weighted by Gasteiger charge is 2.08. The fraction of sp³-hybridized carbons (Fsp3) is 0.125. The van der Waals surface area contributed by atoms with Crippen molar-refractivity contribution in [2.24, 2.45) is 17.4 Å². The summed E-state index contributed by atoms with van der Waals surface area (Å²) in [6, 6.07) is 13.1. The minimum atomic E-state index is 0.527. The average Bonchev–Trinajstić information content (AvgIpc) is 2.54. The van der Waals surface area contributed by atoms with Crippen LogP contribution < -0.4 is 27.9 Å². The second kappa shape index (κ2) is 6.19. The molecule has 0 fully saturated rings. The third-order valence-corrected chi connectivity index (χ3v) is 3.39. The number of rotatable bonds is 4. The lowest BCUT2D eigenvalue weighted by Gasteiger charge is -2.12. The van der Waals surface area contributed by atoms with E-state index in [1.54, 1.807) is 12.1 Å². The molecule has 8 N–H and O–H groups in total. The number of hydrogen-bond donors (Lipinski definition) is 4. The first-order valence-corrected chi connectivity index (χ1v) is 6.68. The Morgan fingerprint density at radius 2 is 1.62 bits per heavy atom. The van der Waals surface area contributed by atoms with Gasteiger partial charge < -0.3 is 22.0 Å². The van der Waals surface area contributed by atoms with Gasteiger partial charge in [-0.3, -0.25) is 0 Å². The van der Waals surface area contributed by atoms with Gasteiger partial charge in [-0.25, -0.2) is 0 Å². The number of anilines is 1. The fourth-order valence-electron chi connectivity index (χ4n) is 2.06. The Hall–Kier alpha value is -2.66. The summed E-state index contributed by atoms with van der Waals surface area (Å²) in [7, 11) is 0. The molecule has 2 aromatic rings. The second-order valence-electron chi connectivity index (χ2n) is 4.74. The molecule has 0 heterocycles. The molecule has 2 rings (SSSR count).